The molecule has 1 aromatic heterocycles. The number of nitrogens with zero attached hydrogens (tertiary/aromatic N) is 2. The molecule has 0 saturated heterocycles. The summed E-state index contributed by atoms with van der Waals surface area (Å²) < 4.78 is 21.9. The molecule has 0 fully saturated rings. The molecule has 0 saturated carbocycles. The Morgan fingerprint density at radius 3 is 2.38 bits per heavy atom. The Bertz CT molecular complexity index is 1190. The number of thiophene rings is 1. The smallest absolute Gasteiger partial charge is 0.260 e. The van der Waals surface area contributed by atoms with Gasteiger partial charge in [0.15, 0.2) is 18.1 Å². The highest BCUT2D eigenvalue weighted by Crippen LogP contribution is 2.28. The molecule has 0 N–H and O–H groups in total. The Balaban J connectivity index is 1.70. The van der Waals surface area contributed by atoms with Gasteiger partial charge in [-0.2, -0.15) is 0 Å². The van der Waals surface area contributed by atoms with Gasteiger partial charge in [0.1, 0.15) is 5.75 Å². The molecule has 10 heteroatoms. The van der Waals surface area contributed by atoms with E-state index in [1.807, 2.05) is 42.6 Å². The average Bonchev–Trinajstić information content (AvgIpc) is 3.49. The summed E-state index contributed by atoms with van der Waals surface area (Å²) in [5, 5.41) is 2.57. The number of ether oxygens (including phenoxy) is 4. The number of methoxy groups -OCH3 is 2. The zero-order valence-corrected chi connectivity index (χ0v) is 24.8. The fraction of sp³-hybridized carbons (Fsp3) is 0.400. The van der Waals surface area contributed by atoms with Gasteiger partial charge in [-0.05, 0) is 73.2 Å². The fourth-order valence-electron chi connectivity index (χ4n) is 4.01. The van der Waals surface area contributed by atoms with Crippen LogP contribution in [0.5, 0.6) is 17.2 Å². The molecule has 0 unspecified atom stereocenters. The Labute approximate surface area is 245 Å². The number of halogens is 1. The molecule has 2 aromatic carbocycles. The Kier molecular flexibility index (Phi) is 13.1. The Morgan fingerprint density at radius 2 is 1.70 bits per heavy atom. The van der Waals surface area contributed by atoms with Gasteiger partial charge >= 0.3 is 0 Å². The molecule has 0 radical (unpaired) electrons. The molecular weight excluding hydrogens is 552 g/mol. The van der Waals surface area contributed by atoms with E-state index in [-0.39, 0.29) is 25.0 Å². The van der Waals surface area contributed by atoms with Crippen molar-refractivity contribution in [1.82, 2.24) is 9.80 Å². The van der Waals surface area contributed by atoms with Gasteiger partial charge in [-0.3, -0.25) is 9.59 Å². The van der Waals surface area contributed by atoms with Crippen molar-refractivity contribution in [3.05, 3.63) is 75.4 Å². The van der Waals surface area contributed by atoms with E-state index in [1.165, 1.54) is 0 Å². The van der Waals surface area contributed by atoms with Crippen LogP contribution in [0.15, 0.2) is 60.0 Å². The number of hydrogen-bond acceptors (Lipinski definition) is 7. The van der Waals surface area contributed by atoms with E-state index in [4.69, 9.17) is 30.5 Å². The van der Waals surface area contributed by atoms with E-state index in [0.717, 1.165) is 10.4 Å². The molecule has 0 aliphatic heterocycles. The van der Waals surface area contributed by atoms with Crippen molar-refractivity contribution in [1.29, 1.82) is 0 Å². The van der Waals surface area contributed by atoms with Crippen LogP contribution in [-0.4, -0.2) is 75.3 Å². The summed E-state index contributed by atoms with van der Waals surface area (Å²) in [5.41, 5.74) is 1.02. The lowest BCUT2D eigenvalue weighted by molar-refractivity contribution is -0.142. The van der Waals surface area contributed by atoms with Crippen LogP contribution in [0.2, 0.25) is 5.02 Å². The van der Waals surface area contributed by atoms with Crippen LogP contribution in [0.4, 0.5) is 0 Å². The summed E-state index contributed by atoms with van der Waals surface area (Å²) in [4.78, 5) is 31.2. The third-order valence-corrected chi connectivity index (χ3v) is 7.29. The van der Waals surface area contributed by atoms with Gasteiger partial charge in [-0.15, -0.1) is 11.3 Å². The van der Waals surface area contributed by atoms with Gasteiger partial charge in [0, 0.05) is 36.2 Å². The first-order valence-corrected chi connectivity index (χ1v) is 14.4. The van der Waals surface area contributed by atoms with Crippen molar-refractivity contribution in [2.24, 2.45) is 0 Å². The van der Waals surface area contributed by atoms with Crippen LogP contribution in [0.25, 0.3) is 0 Å². The first-order valence-electron chi connectivity index (χ1n) is 13.2. The second-order valence-corrected chi connectivity index (χ2v) is 10.4. The van der Waals surface area contributed by atoms with Gasteiger partial charge in [0.2, 0.25) is 5.91 Å². The number of amides is 2. The Hall–Kier alpha value is -3.27. The second-order valence-electron chi connectivity index (χ2n) is 8.94. The first kappa shape index (κ1) is 31.3. The van der Waals surface area contributed by atoms with E-state index in [2.05, 4.69) is 0 Å². The van der Waals surface area contributed by atoms with Crippen molar-refractivity contribution in [3.63, 3.8) is 0 Å². The van der Waals surface area contributed by atoms with Crippen molar-refractivity contribution in [2.45, 2.75) is 26.3 Å². The highest BCUT2D eigenvalue weighted by molar-refractivity contribution is 7.09. The molecule has 0 aliphatic carbocycles. The maximum atomic E-state index is 13.6. The standard InChI is InChI=1S/C30H37ClN2O6S/c1-4-38-17-6-15-32(30(35)22-39-25-11-9-24(31)10-12-25)21-29(34)33(20-26-7-5-18-40-26)16-14-23-8-13-27(36-2)28(19-23)37-3/h5,7-13,18-19H,4,6,14-17,20-22H2,1-3H3. The zero-order valence-electron chi connectivity index (χ0n) is 23.3. The number of carbonyl (C=O) groups is 2. The summed E-state index contributed by atoms with van der Waals surface area (Å²) in [5.74, 6) is 1.43. The maximum absolute atomic E-state index is 13.6. The second kappa shape index (κ2) is 16.7. The van der Waals surface area contributed by atoms with Crippen molar-refractivity contribution < 1.29 is 28.5 Å². The summed E-state index contributed by atoms with van der Waals surface area (Å²) in [6, 6.07) is 16.5. The lowest BCUT2D eigenvalue weighted by atomic mass is 10.1. The number of hydrogen-bond donors (Lipinski definition) is 0. The molecule has 3 rings (SSSR count). The van der Waals surface area contributed by atoms with Crippen LogP contribution in [0.1, 0.15) is 23.8 Å². The predicted molar refractivity (Wildman–Crippen MR) is 158 cm³/mol. The third kappa shape index (κ3) is 10.0. The van der Waals surface area contributed by atoms with Crippen molar-refractivity contribution >= 4 is 34.8 Å². The third-order valence-electron chi connectivity index (χ3n) is 6.17. The SMILES string of the molecule is CCOCCCN(CC(=O)N(CCc1ccc(OC)c(OC)c1)Cc1cccs1)C(=O)COc1ccc(Cl)cc1. The highest BCUT2D eigenvalue weighted by atomic mass is 35.5. The molecule has 0 aliphatic rings. The fourth-order valence-corrected chi connectivity index (χ4v) is 4.85. The summed E-state index contributed by atoms with van der Waals surface area (Å²) in [6.45, 7) is 4.12. The quantitative estimate of drug-likeness (QED) is 0.199. The van der Waals surface area contributed by atoms with Crippen LogP contribution in [0.3, 0.4) is 0 Å². The van der Waals surface area contributed by atoms with Crippen molar-refractivity contribution in [3.8, 4) is 17.2 Å². The lowest BCUT2D eigenvalue weighted by Crippen LogP contribution is -2.45. The van der Waals surface area contributed by atoms with E-state index >= 15 is 0 Å². The predicted octanol–water partition coefficient (Wildman–Crippen LogP) is 5.32. The molecule has 0 spiro atoms. The minimum Gasteiger partial charge on any atom is -0.493 e. The molecule has 0 bridgehead atoms. The molecule has 2 amide bonds. The maximum Gasteiger partial charge on any atom is 0.260 e. The monoisotopic (exact) mass is 588 g/mol. The van der Waals surface area contributed by atoms with Gasteiger partial charge in [0.05, 0.1) is 27.3 Å². The molecule has 3 aromatic rings. The lowest BCUT2D eigenvalue weighted by Gasteiger charge is -2.28. The minimum absolute atomic E-state index is 0.0494. The van der Waals surface area contributed by atoms with E-state index < -0.39 is 0 Å². The largest absolute Gasteiger partial charge is 0.493 e. The zero-order chi connectivity index (χ0) is 28.7. The number of rotatable bonds is 17. The molecule has 8 nitrogen and oxygen atoms in total. The first-order chi connectivity index (χ1) is 19.4. The molecular formula is C30H37ClN2O6S. The normalized spacial score (nSPS) is 10.7. The van der Waals surface area contributed by atoms with Gasteiger partial charge < -0.3 is 28.7 Å². The van der Waals surface area contributed by atoms with Crippen LogP contribution < -0.4 is 14.2 Å². The summed E-state index contributed by atoms with van der Waals surface area (Å²) in [7, 11) is 3.20. The summed E-state index contributed by atoms with van der Waals surface area (Å²) in [6.07, 6.45) is 1.24. The highest BCUT2D eigenvalue weighted by Gasteiger charge is 2.22. The van der Waals surface area contributed by atoms with Crippen LogP contribution in [-0.2, 0) is 27.3 Å². The van der Waals surface area contributed by atoms with Crippen LogP contribution >= 0.6 is 22.9 Å². The summed E-state index contributed by atoms with van der Waals surface area (Å²) >= 11 is 7.54. The van der Waals surface area contributed by atoms with Gasteiger partial charge in [-0.1, -0.05) is 23.7 Å². The van der Waals surface area contributed by atoms with Crippen LogP contribution in [0, 0.1) is 0 Å². The number of carbonyl (C=O) groups excluding carboxylic acids is 2. The van der Waals surface area contributed by atoms with E-state index in [1.54, 1.807) is 59.6 Å². The molecule has 1 heterocycles. The van der Waals surface area contributed by atoms with Crippen molar-refractivity contribution in [2.75, 3.05) is 53.7 Å². The van der Waals surface area contributed by atoms with Gasteiger partial charge in [-0.25, -0.2) is 0 Å². The molecule has 216 valence electrons. The topological polar surface area (TPSA) is 77.5 Å². The van der Waals surface area contributed by atoms with Gasteiger partial charge in [0.25, 0.3) is 5.91 Å². The number of benzene rings is 2. The van der Waals surface area contributed by atoms with E-state index in [0.29, 0.717) is 68.0 Å². The molecule has 0 atom stereocenters. The molecule has 40 heavy (non-hydrogen) atoms. The average molecular weight is 589 g/mol. The van der Waals surface area contributed by atoms with E-state index in [9.17, 15) is 9.59 Å². The Morgan fingerprint density at radius 1 is 0.925 bits per heavy atom. The minimum atomic E-state index is -0.268.